The molecular formula is C11H17NO2. The van der Waals surface area contributed by atoms with Gasteiger partial charge >= 0.3 is 5.97 Å². The first-order valence-corrected chi connectivity index (χ1v) is 5.10. The molecule has 0 amide bonds. The predicted octanol–water partition coefficient (Wildman–Crippen LogP) is 0.895. The van der Waals surface area contributed by atoms with Gasteiger partial charge in [-0.05, 0) is 32.9 Å². The maximum Gasteiger partial charge on any atom is 0.320 e. The number of nitrogens with zero attached hydrogens (tertiary/aromatic N) is 1. The maximum atomic E-state index is 11.2. The Morgan fingerprint density at radius 2 is 2.21 bits per heavy atom. The molecule has 0 aromatic carbocycles. The van der Waals surface area contributed by atoms with E-state index < -0.39 is 0 Å². The van der Waals surface area contributed by atoms with Crippen LogP contribution in [0.5, 0.6) is 0 Å². The van der Waals surface area contributed by atoms with Crippen LogP contribution in [0.2, 0.25) is 0 Å². The van der Waals surface area contributed by atoms with E-state index >= 15 is 0 Å². The average molecular weight is 195 g/mol. The van der Waals surface area contributed by atoms with Crippen LogP contribution < -0.4 is 0 Å². The molecule has 1 fully saturated rings. The number of rotatable bonds is 3. The van der Waals surface area contributed by atoms with Crippen molar-refractivity contribution in [3.05, 3.63) is 0 Å². The summed E-state index contributed by atoms with van der Waals surface area (Å²) in [4.78, 5) is 13.3. The van der Waals surface area contributed by atoms with Crippen molar-refractivity contribution < 1.29 is 9.53 Å². The zero-order valence-corrected chi connectivity index (χ0v) is 8.66. The number of hydrogen-bond acceptors (Lipinski definition) is 3. The van der Waals surface area contributed by atoms with Crippen molar-refractivity contribution in [3.8, 4) is 12.3 Å². The van der Waals surface area contributed by atoms with Gasteiger partial charge in [-0.3, -0.25) is 9.69 Å². The first-order valence-electron chi connectivity index (χ1n) is 5.10. The van der Waals surface area contributed by atoms with Gasteiger partial charge in [0.1, 0.15) is 0 Å². The van der Waals surface area contributed by atoms with Crippen LogP contribution in [0.15, 0.2) is 0 Å². The fourth-order valence-electron chi connectivity index (χ4n) is 1.65. The molecule has 0 saturated carbocycles. The van der Waals surface area contributed by atoms with Gasteiger partial charge in [0.05, 0.1) is 13.2 Å². The predicted molar refractivity (Wildman–Crippen MR) is 54.6 cm³/mol. The highest BCUT2D eigenvalue weighted by atomic mass is 16.5. The highest BCUT2D eigenvalue weighted by molar-refractivity contribution is 5.71. The van der Waals surface area contributed by atoms with Gasteiger partial charge in [0.25, 0.3) is 0 Å². The van der Waals surface area contributed by atoms with Crippen molar-refractivity contribution in [1.82, 2.24) is 4.90 Å². The fourth-order valence-corrected chi connectivity index (χ4v) is 1.65. The molecule has 0 aromatic heterocycles. The van der Waals surface area contributed by atoms with Gasteiger partial charge in [-0.1, -0.05) is 0 Å². The third-order valence-electron chi connectivity index (χ3n) is 2.48. The van der Waals surface area contributed by atoms with Crippen molar-refractivity contribution in [2.24, 2.45) is 5.92 Å². The van der Waals surface area contributed by atoms with E-state index in [1.54, 1.807) is 0 Å². The van der Waals surface area contributed by atoms with E-state index in [1.165, 1.54) is 0 Å². The Hall–Kier alpha value is -1.01. The van der Waals surface area contributed by atoms with E-state index in [1.807, 2.05) is 6.92 Å². The van der Waals surface area contributed by atoms with E-state index in [0.29, 0.717) is 19.1 Å². The van der Waals surface area contributed by atoms with Gasteiger partial charge in [-0.25, -0.2) is 0 Å². The molecule has 1 aliphatic rings. The van der Waals surface area contributed by atoms with Crippen molar-refractivity contribution in [1.29, 1.82) is 0 Å². The lowest BCUT2D eigenvalue weighted by Gasteiger charge is -2.28. The van der Waals surface area contributed by atoms with Gasteiger partial charge in [0.2, 0.25) is 0 Å². The Kier molecular flexibility index (Phi) is 4.48. The molecule has 1 rings (SSSR count). The summed E-state index contributed by atoms with van der Waals surface area (Å²) in [6, 6.07) is 0. The quantitative estimate of drug-likeness (QED) is 0.495. The second-order valence-electron chi connectivity index (χ2n) is 3.52. The number of esters is 1. The standard InChI is InChI=1S/C11H17NO2/c1-3-10-5-7-12(8-6-10)9-11(13)14-4-2/h1,10H,4-9H2,2H3. The third-order valence-corrected chi connectivity index (χ3v) is 2.48. The molecule has 0 bridgehead atoms. The van der Waals surface area contributed by atoms with Crippen LogP contribution in [0, 0.1) is 18.3 Å². The van der Waals surface area contributed by atoms with Crippen LogP contribution in [-0.4, -0.2) is 37.1 Å². The molecule has 0 spiro atoms. The van der Waals surface area contributed by atoms with Gasteiger partial charge in [0.15, 0.2) is 0 Å². The number of hydrogen-bond donors (Lipinski definition) is 0. The van der Waals surface area contributed by atoms with Crippen LogP contribution in [0.1, 0.15) is 19.8 Å². The number of piperidine rings is 1. The van der Waals surface area contributed by atoms with Crippen LogP contribution in [0.3, 0.4) is 0 Å². The molecule has 0 atom stereocenters. The number of terminal acetylenes is 1. The fraction of sp³-hybridized carbons (Fsp3) is 0.727. The summed E-state index contributed by atoms with van der Waals surface area (Å²) in [5, 5.41) is 0. The molecule has 3 heteroatoms. The minimum absolute atomic E-state index is 0.133. The molecule has 1 saturated heterocycles. The molecule has 0 unspecified atom stereocenters. The van der Waals surface area contributed by atoms with Crippen LogP contribution in [0.25, 0.3) is 0 Å². The highest BCUT2D eigenvalue weighted by Gasteiger charge is 2.19. The second-order valence-corrected chi connectivity index (χ2v) is 3.52. The Labute approximate surface area is 85.4 Å². The summed E-state index contributed by atoms with van der Waals surface area (Å²) < 4.78 is 4.88. The third kappa shape index (κ3) is 3.39. The Bertz CT molecular complexity index is 224. The Morgan fingerprint density at radius 1 is 1.57 bits per heavy atom. The minimum atomic E-state index is -0.133. The van der Waals surface area contributed by atoms with E-state index in [9.17, 15) is 4.79 Å². The van der Waals surface area contributed by atoms with Gasteiger partial charge < -0.3 is 4.74 Å². The topological polar surface area (TPSA) is 29.5 Å². The molecule has 1 aliphatic heterocycles. The molecule has 3 nitrogen and oxygen atoms in total. The largest absolute Gasteiger partial charge is 0.465 e. The van der Waals surface area contributed by atoms with Crippen LogP contribution in [0.4, 0.5) is 0 Å². The summed E-state index contributed by atoms with van der Waals surface area (Å²) in [6.45, 7) is 4.51. The van der Waals surface area contributed by atoms with Crippen molar-refractivity contribution in [2.45, 2.75) is 19.8 Å². The highest BCUT2D eigenvalue weighted by Crippen LogP contribution is 2.15. The van der Waals surface area contributed by atoms with E-state index in [2.05, 4.69) is 10.8 Å². The first kappa shape index (κ1) is 11.1. The van der Waals surface area contributed by atoms with Crippen molar-refractivity contribution >= 4 is 5.97 Å². The first-order chi connectivity index (χ1) is 6.76. The number of carbonyl (C=O) groups is 1. The number of carbonyl (C=O) groups excluding carboxylic acids is 1. The maximum absolute atomic E-state index is 11.2. The van der Waals surface area contributed by atoms with Crippen LogP contribution >= 0.6 is 0 Å². The van der Waals surface area contributed by atoms with Crippen LogP contribution in [-0.2, 0) is 9.53 Å². The zero-order chi connectivity index (χ0) is 10.4. The number of likely N-dealkylation sites (tertiary alicyclic amines) is 1. The summed E-state index contributed by atoms with van der Waals surface area (Å²) in [5.41, 5.74) is 0. The zero-order valence-electron chi connectivity index (χ0n) is 8.66. The number of ether oxygens (including phenoxy) is 1. The Balaban J connectivity index is 2.22. The second kappa shape index (κ2) is 5.66. The monoisotopic (exact) mass is 195 g/mol. The average Bonchev–Trinajstić information content (AvgIpc) is 2.19. The molecular weight excluding hydrogens is 178 g/mol. The smallest absolute Gasteiger partial charge is 0.320 e. The van der Waals surface area contributed by atoms with Gasteiger partial charge in [0, 0.05) is 5.92 Å². The van der Waals surface area contributed by atoms with E-state index in [0.717, 1.165) is 25.9 Å². The minimum Gasteiger partial charge on any atom is -0.465 e. The summed E-state index contributed by atoms with van der Waals surface area (Å²) in [6.07, 6.45) is 7.33. The molecule has 0 radical (unpaired) electrons. The molecule has 0 N–H and O–H groups in total. The van der Waals surface area contributed by atoms with Crippen molar-refractivity contribution in [2.75, 3.05) is 26.2 Å². The summed E-state index contributed by atoms with van der Waals surface area (Å²) in [5.74, 6) is 3.02. The molecule has 78 valence electrons. The lowest BCUT2D eigenvalue weighted by Crippen LogP contribution is -2.37. The molecule has 1 heterocycles. The normalized spacial score (nSPS) is 18.9. The SMILES string of the molecule is C#CC1CCN(CC(=O)OCC)CC1. The summed E-state index contributed by atoms with van der Waals surface area (Å²) >= 11 is 0. The van der Waals surface area contributed by atoms with E-state index in [-0.39, 0.29) is 5.97 Å². The molecule has 0 aromatic rings. The molecule has 0 aliphatic carbocycles. The van der Waals surface area contributed by atoms with Gasteiger partial charge in [-0.15, -0.1) is 12.3 Å². The lowest BCUT2D eigenvalue weighted by atomic mass is 9.98. The van der Waals surface area contributed by atoms with Gasteiger partial charge in [-0.2, -0.15) is 0 Å². The van der Waals surface area contributed by atoms with Crippen molar-refractivity contribution in [3.63, 3.8) is 0 Å². The van der Waals surface area contributed by atoms with E-state index in [4.69, 9.17) is 11.2 Å². The lowest BCUT2D eigenvalue weighted by molar-refractivity contribution is -0.144. The molecule has 14 heavy (non-hydrogen) atoms. The summed E-state index contributed by atoms with van der Waals surface area (Å²) in [7, 11) is 0. The Morgan fingerprint density at radius 3 is 2.71 bits per heavy atom.